The van der Waals surface area contributed by atoms with Crippen molar-refractivity contribution in [3.8, 4) is 5.75 Å². The number of benzene rings is 1. The number of thioether (sulfide) groups is 1. The van der Waals surface area contributed by atoms with Gasteiger partial charge in [0, 0.05) is 11.8 Å². The number of ether oxygens (including phenoxy) is 2. The Balaban J connectivity index is 1.78. The zero-order chi connectivity index (χ0) is 17.4. The van der Waals surface area contributed by atoms with Crippen molar-refractivity contribution >= 4 is 17.7 Å². The minimum atomic E-state index is -0.447. The molecule has 1 heterocycles. The number of halogens is 1. The first-order valence-corrected chi connectivity index (χ1v) is 8.23. The summed E-state index contributed by atoms with van der Waals surface area (Å²) in [6, 6.07) is 7.09. The Kier molecular flexibility index (Phi) is 6.80. The molecule has 0 fully saturated rings. The van der Waals surface area contributed by atoms with Crippen LogP contribution in [0.3, 0.4) is 0 Å². The Morgan fingerprint density at radius 2 is 2.08 bits per heavy atom. The molecule has 1 N–H and O–H groups in total. The maximum absolute atomic E-state index is 12.8. The fourth-order valence-electron chi connectivity index (χ4n) is 1.81. The Morgan fingerprint density at radius 3 is 2.79 bits per heavy atom. The molecule has 2 rings (SSSR count). The van der Waals surface area contributed by atoms with Gasteiger partial charge in [-0.05, 0) is 30.7 Å². The number of hydrogen-bond donors (Lipinski definition) is 1. The second kappa shape index (κ2) is 9.07. The van der Waals surface area contributed by atoms with Crippen molar-refractivity contribution in [2.45, 2.75) is 18.0 Å². The number of H-pyrrole nitrogens is 1. The van der Waals surface area contributed by atoms with Crippen LogP contribution in [0.4, 0.5) is 4.39 Å². The topological polar surface area (TPSA) is 81.3 Å². The van der Waals surface area contributed by atoms with E-state index in [0.717, 1.165) is 0 Å². The third-order valence-corrected chi connectivity index (χ3v) is 3.90. The van der Waals surface area contributed by atoms with Crippen LogP contribution in [0.1, 0.15) is 12.1 Å². The van der Waals surface area contributed by atoms with Gasteiger partial charge in [0.25, 0.3) is 5.56 Å². The summed E-state index contributed by atoms with van der Waals surface area (Å²) in [5.74, 6) is 0.524. The maximum atomic E-state index is 12.8. The highest BCUT2D eigenvalue weighted by molar-refractivity contribution is 7.99. The zero-order valence-electron chi connectivity index (χ0n) is 13.1. The molecule has 2 aromatic rings. The van der Waals surface area contributed by atoms with E-state index in [0.29, 0.717) is 35.4 Å². The van der Waals surface area contributed by atoms with Gasteiger partial charge in [-0.3, -0.25) is 9.59 Å². The van der Waals surface area contributed by atoms with Crippen LogP contribution in [-0.2, 0) is 16.0 Å². The fraction of sp³-hybridized carbons (Fsp3) is 0.312. The molecular formula is C16H17FN2O4S. The fourth-order valence-corrected chi connectivity index (χ4v) is 2.62. The molecule has 0 aliphatic carbocycles. The van der Waals surface area contributed by atoms with Crippen LogP contribution < -0.4 is 10.3 Å². The molecule has 128 valence electrons. The SMILES string of the molecule is COC(=O)Cc1cc(=O)[nH]c(SCCCOc2ccc(F)cc2)n1. The number of nitrogens with zero attached hydrogens (tertiary/aromatic N) is 1. The van der Waals surface area contributed by atoms with Crippen molar-refractivity contribution in [3.63, 3.8) is 0 Å². The lowest BCUT2D eigenvalue weighted by molar-refractivity contribution is -0.139. The summed E-state index contributed by atoms with van der Waals surface area (Å²) in [5.41, 5.74) is 0.0598. The number of rotatable bonds is 8. The number of hydrogen-bond acceptors (Lipinski definition) is 6. The third kappa shape index (κ3) is 6.04. The van der Waals surface area contributed by atoms with Crippen LogP contribution in [0.25, 0.3) is 0 Å². The van der Waals surface area contributed by atoms with E-state index in [1.54, 1.807) is 12.1 Å². The Hall–Kier alpha value is -2.35. The number of carbonyl (C=O) groups is 1. The van der Waals surface area contributed by atoms with E-state index >= 15 is 0 Å². The van der Waals surface area contributed by atoms with Gasteiger partial charge in [-0.25, -0.2) is 9.37 Å². The molecule has 0 aliphatic rings. The average molecular weight is 352 g/mol. The highest BCUT2D eigenvalue weighted by Gasteiger charge is 2.07. The van der Waals surface area contributed by atoms with E-state index < -0.39 is 5.97 Å². The Morgan fingerprint density at radius 1 is 1.33 bits per heavy atom. The van der Waals surface area contributed by atoms with Crippen LogP contribution in [-0.4, -0.2) is 35.4 Å². The average Bonchev–Trinajstić information content (AvgIpc) is 2.55. The van der Waals surface area contributed by atoms with Crippen LogP contribution in [0, 0.1) is 5.82 Å². The van der Waals surface area contributed by atoms with E-state index in [2.05, 4.69) is 14.7 Å². The molecule has 0 saturated carbocycles. The molecule has 0 spiro atoms. The second-order valence-electron chi connectivity index (χ2n) is 4.80. The van der Waals surface area contributed by atoms with E-state index in [1.165, 1.54) is 37.1 Å². The lowest BCUT2D eigenvalue weighted by Gasteiger charge is -2.06. The molecule has 6 nitrogen and oxygen atoms in total. The summed E-state index contributed by atoms with van der Waals surface area (Å²) in [4.78, 5) is 29.6. The highest BCUT2D eigenvalue weighted by atomic mass is 32.2. The number of aromatic amines is 1. The minimum Gasteiger partial charge on any atom is -0.494 e. The van der Waals surface area contributed by atoms with E-state index in [1.807, 2.05) is 0 Å². The molecule has 1 aromatic carbocycles. The summed E-state index contributed by atoms with van der Waals surface area (Å²) in [7, 11) is 1.28. The first-order chi connectivity index (χ1) is 11.6. The lowest BCUT2D eigenvalue weighted by Crippen LogP contribution is -2.14. The van der Waals surface area contributed by atoms with Crippen LogP contribution in [0.2, 0.25) is 0 Å². The molecule has 24 heavy (non-hydrogen) atoms. The Bertz CT molecular complexity index is 734. The summed E-state index contributed by atoms with van der Waals surface area (Å²) in [5, 5.41) is 0.447. The summed E-state index contributed by atoms with van der Waals surface area (Å²) in [6.45, 7) is 0.463. The van der Waals surface area contributed by atoms with Crippen LogP contribution in [0.15, 0.2) is 40.3 Å². The van der Waals surface area contributed by atoms with Gasteiger partial charge in [0.1, 0.15) is 11.6 Å². The molecular weight excluding hydrogens is 335 g/mol. The van der Waals surface area contributed by atoms with Crippen molar-refractivity contribution in [2.75, 3.05) is 19.5 Å². The Labute approximate surface area is 142 Å². The quantitative estimate of drug-likeness (QED) is 0.339. The van der Waals surface area contributed by atoms with Gasteiger partial charge >= 0.3 is 5.97 Å². The number of methoxy groups -OCH3 is 1. The molecule has 1 aromatic heterocycles. The first kappa shape index (κ1) is 18.0. The summed E-state index contributed by atoms with van der Waals surface area (Å²) < 4.78 is 22.8. The number of aromatic nitrogens is 2. The van der Waals surface area contributed by atoms with Crippen LogP contribution in [0.5, 0.6) is 5.75 Å². The molecule has 0 amide bonds. The van der Waals surface area contributed by atoms with Gasteiger partial charge in [0.2, 0.25) is 0 Å². The largest absolute Gasteiger partial charge is 0.494 e. The van der Waals surface area contributed by atoms with E-state index in [-0.39, 0.29) is 17.8 Å². The number of nitrogens with one attached hydrogen (secondary N) is 1. The van der Waals surface area contributed by atoms with Gasteiger partial charge in [-0.1, -0.05) is 11.8 Å². The second-order valence-corrected chi connectivity index (χ2v) is 5.88. The maximum Gasteiger partial charge on any atom is 0.311 e. The van der Waals surface area contributed by atoms with Gasteiger partial charge < -0.3 is 14.5 Å². The molecule has 0 saturated heterocycles. The molecule has 0 bridgehead atoms. The normalized spacial score (nSPS) is 10.4. The molecule has 0 aliphatic heterocycles. The first-order valence-electron chi connectivity index (χ1n) is 7.25. The number of esters is 1. The smallest absolute Gasteiger partial charge is 0.311 e. The van der Waals surface area contributed by atoms with Crippen LogP contribution >= 0.6 is 11.8 Å². The molecule has 0 unspecified atom stereocenters. The van der Waals surface area contributed by atoms with Crippen molar-refractivity contribution in [2.24, 2.45) is 0 Å². The number of carbonyl (C=O) groups excluding carboxylic acids is 1. The van der Waals surface area contributed by atoms with Gasteiger partial charge in [0.15, 0.2) is 5.16 Å². The third-order valence-electron chi connectivity index (χ3n) is 2.94. The van der Waals surface area contributed by atoms with Crippen molar-refractivity contribution in [3.05, 3.63) is 52.2 Å². The zero-order valence-corrected chi connectivity index (χ0v) is 13.9. The van der Waals surface area contributed by atoms with E-state index in [9.17, 15) is 14.0 Å². The van der Waals surface area contributed by atoms with Crippen molar-refractivity contribution in [1.82, 2.24) is 9.97 Å². The standard InChI is InChI=1S/C16H17FN2O4S/c1-22-15(21)10-12-9-14(20)19-16(18-12)24-8-2-7-23-13-5-3-11(17)4-6-13/h3-6,9H,2,7-8,10H2,1H3,(H,18,19,20). The van der Waals surface area contributed by atoms with Gasteiger partial charge in [-0.15, -0.1) is 0 Å². The molecule has 0 atom stereocenters. The van der Waals surface area contributed by atoms with Crippen molar-refractivity contribution in [1.29, 1.82) is 0 Å². The minimum absolute atomic E-state index is 0.0400. The summed E-state index contributed by atoms with van der Waals surface area (Å²) >= 11 is 1.36. The predicted molar refractivity (Wildman–Crippen MR) is 87.8 cm³/mol. The van der Waals surface area contributed by atoms with Crippen molar-refractivity contribution < 1.29 is 18.7 Å². The molecule has 0 radical (unpaired) electrons. The van der Waals surface area contributed by atoms with Gasteiger partial charge in [-0.2, -0.15) is 0 Å². The monoisotopic (exact) mass is 352 g/mol. The summed E-state index contributed by atoms with van der Waals surface area (Å²) in [6.07, 6.45) is 0.675. The van der Waals surface area contributed by atoms with Gasteiger partial charge in [0.05, 0.1) is 25.8 Å². The lowest BCUT2D eigenvalue weighted by atomic mass is 10.3. The highest BCUT2D eigenvalue weighted by Crippen LogP contribution is 2.15. The predicted octanol–water partition coefficient (Wildman–Crippen LogP) is 2.19. The molecule has 8 heteroatoms. The van der Waals surface area contributed by atoms with E-state index in [4.69, 9.17) is 4.74 Å².